The zero-order valence-electron chi connectivity index (χ0n) is 9.77. The van der Waals surface area contributed by atoms with Crippen molar-refractivity contribution in [2.45, 2.75) is 19.0 Å². The largest absolute Gasteiger partial charge is 0.305 e. The first-order chi connectivity index (χ1) is 7.72. The van der Waals surface area contributed by atoms with Crippen molar-refractivity contribution in [1.82, 2.24) is 14.8 Å². The molecule has 0 N–H and O–H groups in total. The number of hydrogen-bond acceptors (Lipinski definition) is 3. The fraction of sp³-hybridized carbons (Fsp3) is 0.333. The first kappa shape index (κ1) is 11.2. The van der Waals surface area contributed by atoms with Crippen molar-refractivity contribution >= 4 is 11.8 Å². The van der Waals surface area contributed by atoms with Gasteiger partial charge in [-0.1, -0.05) is 42.4 Å². The molecule has 0 aliphatic rings. The van der Waals surface area contributed by atoms with Gasteiger partial charge in [0.05, 0.1) is 0 Å². The third kappa shape index (κ3) is 2.11. The molecule has 0 aliphatic heterocycles. The van der Waals surface area contributed by atoms with Crippen LogP contribution < -0.4 is 0 Å². The van der Waals surface area contributed by atoms with E-state index in [2.05, 4.69) is 42.2 Å². The van der Waals surface area contributed by atoms with E-state index in [4.69, 9.17) is 0 Å². The van der Waals surface area contributed by atoms with Gasteiger partial charge < -0.3 is 4.57 Å². The van der Waals surface area contributed by atoms with Crippen molar-refractivity contribution in [3.8, 4) is 11.4 Å². The summed E-state index contributed by atoms with van der Waals surface area (Å²) in [5.41, 5.74) is 2.36. The van der Waals surface area contributed by atoms with Crippen LogP contribution in [-0.4, -0.2) is 20.5 Å². The third-order valence-corrected chi connectivity index (χ3v) is 3.29. The summed E-state index contributed by atoms with van der Waals surface area (Å²) in [6.07, 6.45) is 0. The van der Waals surface area contributed by atoms with Gasteiger partial charge in [-0.2, -0.15) is 0 Å². The van der Waals surface area contributed by atoms with Gasteiger partial charge >= 0.3 is 0 Å². The molecule has 0 saturated heterocycles. The molecule has 4 heteroatoms. The van der Waals surface area contributed by atoms with Gasteiger partial charge in [0.15, 0.2) is 11.0 Å². The quantitative estimate of drug-likeness (QED) is 0.764. The molecule has 0 bridgehead atoms. The van der Waals surface area contributed by atoms with Crippen LogP contribution in [0.25, 0.3) is 11.4 Å². The van der Waals surface area contributed by atoms with E-state index in [0.717, 1.165) is 22.3 Å². The molecule has 0 unspecified atom stereocenters. The lowest BCUT2D eigenvalue weighted by Gasteiger charge is -2.03. The first-order valence-corrected chi connectivity index (χ1v) is 6.30. The zero-order valence-corrected chi connectivity index (χ0v) is 10.6. The Balaban J connectivity index is 2.41. The molecule has 0 atom stereocenters. The zero-order chi connectivity index (χ0) is 11.5. The molecule has 0 aliphatic carbocycles. The number of aromatic nitrogens is 3. The number of aryl methyl sites for hydroxylation is 1. The van der Waals surface area contributed by atoms with Crippen LogP contribution in [0.5, 0.6) is 0 Å². The molecule has 16 heavy (non-hydrogen) atoms. The number of hydrogen-bond donors (Lipinski definition) is 0. The summed E-state index contributed by atoms with van der Waals surface area (Å²) in [4.78, 5) is 0. The molecule has 3 nitrogen and oxygen atoms in total. The fourth-order valence-corrected chi connectivity index (χ4v) is 2.24. The van der Waals surface area contributed by atoms with Gasteiger partial charge in [0.2, 0.25) is 0 Å². The number of rotatable bonds is 3. The molecular formula is C12H15N3S. The summed E-state index contributed by atoms with van der Waals surface area (Å²) in [7, 11) is 2.01. The predicted molar refractivity (Wildman–Crippen MR) is 67.6 cm³/mol. The van der Waals surface area contributed by atoms with Gasteiger partial charge in [-0.3, -0.25) is 0 Å². The Morgan fingerprint density at radius 3 is 2.81 bits per heavy atom. The highest BCUT2D eigenvalue weighted by atomic mass is 32.2. The number of benzene rings is 1. The minimum Gasteiger partial charge on any atom is -0.305 e. The van der Waals surface area contributed by atoms with Gasteiger partial charge in [0.25, 0.3) is 0 Å². The molecule has 1 aromatic carbocycles. The lowest BCUT2D eigenvalue weighted by Crippen LogP contribution is -1.94. The molecule has 1 aromatic heterocycles. The van der Waals surface area contributed by atoms with Gasteiger partial charge in [-0.05, 0) is 18.7 Å². The number of thioether (sulfide) groups is 1. The van der Waals surface area contributed by atoms with Crippen molar-refractivity contribution in [3.05, 3.63) is 29.8 Å². The lowest BCUT2D eigenvalue weighted by molar-refractivity contribution is 0.794. The average molecular weight is 233 g/mol. The van der Waals surface area contributed by atoms with E-state index in [9.17, 15) is 0 Å². The summed E-state index contributed by atoms with van der Waals surface area (Å²) < 4.78 is 2.04. The van der Waals surface area contributed by atoms with Crippen molar-refractivity contribution in [2.24, 2.45) is 7.05 Å². The predicted octanol–water partition coefficient (Wildman–Crippen LogP) is 2.90. The highest BCUT2D eigenvalue weighted by Crippen LogP contribution is 2.22. The second-order valence-electron chi connectivity index (χ2n) is 3.67. The summed E-state index contributed by atoms with van der Waals surface area (Å²) in [5, 5.41) is 9.40. The van der Waals surface area contributed by atoms with Crippen LogP contribution in [0.15, 0.2) is 29.4 Å². The third-order valence-electron chi connectivity index (χ3n) is 2.38. The first-order valence-electron chi connectivity index (χ1n) is 5.31. The van der Waals surface area contributed by atoms with E-state index < -0.39 is 0 Å². The maximum absolute atomic E-state index is 4.24. The molecule has 0 fully saturated rings. The fourth-order valence-electron chi connectivity index (χ4n) is 1.61. The smallest absolute Gasteiger partial charge is 0.191 e. The highest BCUT2D eigenvalue weighted by molar-refractivity contribution is 7.99. The van der Waals surface area contributed by atoms with Crippen LogP contribution in [0, 0.1) is 6.92 Å². The van der Waals surface area contributed by atoms with Crippen LogP contribution in [0.2, 0.25) is 0 Å². The Hall–Kier alpha value is -1.29. The average Bonchev–Trinajstić information content (AvgIpc) is 2.61. The van der Waals surface area contributed by atoms with E-state index in [0.29, 0.717) is 0 Å². The standard InChI is InChI=1S/C12H15N3S/c1-4-16-12-14-13-11(15(12)3)10-7-5-6-9(2)8-10/h5-8H,4H2,1-3H3. The second-order valence-corrected chi connectivity index (χ2v) is 4.90. The maximum Gasteiger partial charge on any atom is 0.191 e. The van der Waals surface area contributed by atoms with Crippen molar-refractivity contribution in [3.63, 3.8) is 0 Å². The molecule has 84 valence electrons. The van der Waals surface area contributed by atoms with Crippen molar-refractivity contribution in [2.75, 3.05) is 5.75 Å². The van der Waals surface area contributed by atoms with Gasteiger partial charge in [-0.25, -0.2) is 0 Å². The van der Waals surface area contributed by atoms with Gasteiger partial charge in [-0.15, -0.1) is 10.2 Å². The van der Waals surface area contributed by atoms with Crippen LogP contribution >= 0.6 is 11.8 Å². The van der Waals surface area contributed by atoms with Crippen LogP contribution in [0.3, 0.4) is 0 Å². The SMILES string of the molecule is CCSc1nnc(-c2cccc(C)c2)n1C. The highest BCUT2D eigenvalue weighted by Gasteiger charge is 2.09. The van der Waals surface area contributed by atoms with Crippen molar-refractivity contribution in [1.29, 1.82) is 0 Å². The van der Waals surface area contributed by atoms with Crippen LogP contribution in [0.4, 0.5) is 0 Å². The molecule has 0 radical (unpaired) electrons. The molecule has 0 amide bonds. The molecule has 0 spiro atoms. The Morgan fingerprint density at radius 1 is 1.31 bits per heavy atom. The minimum absolute atomic E-state index is 0.930. The van der Waals surface area contributed by atoms with E-state index in [1.165, 1.54) is 5.56 Å². The monoisotopic (exact) mass is 233 g/mol. The normalized spacial score (nSPS) is 10.7. The molecule has 2 rings (SSSR count). The van der Waals surface area contributed by atoms with E-state index in [1.54, 1.807) is 11.8 Å². The molecule has 2 aromatic rings. The number of nitrogens with zero attached hydrogens (tertiary/aromatic N) is 3. The summed E-state index contributed by atoms with van der Waals surface area (Å²) in [6, 6.07) is 8.33. The Bertz CT molecular complexity index is 491. The van der Waals surface area contributed by atoms with Gasteiger partial charge in [0, 0.05) is 12.6 Å². The summed E-state index contributed by atoms with van der Waals surface area (Å²) in [6.45, 7) is 4.20. The topological polar surface area (TPSA) is 30.7 Å². The van der Waals surface area contributed by atoms with Crippen LogP contribution in [0.1, 0.15) is 12.5 Å². The maximum atomic E-state index is 4.24. The lowest BCUT2D eigenvalue weighted by atomic mass is 10.1. The van der Waals surface area contributed by atoms with Crippen LogP contribution in [-0.2, 0) is 7.05 Å². The van der Waals surface area contributed by atoms with Crippen molar-refractivity contribution < 1.29 is 0 Å². The second kappa shape index (κ2) is 4.70. The summed E-state index contributed by atoms with van der Waals surface area (Å²) in [5.74, 6) is 1.94. The van der Waals surface area contributed by atoms with E-state index >= 15 is 0 Å². The Labute approximate surface area is 99.9 Å². The Morgan fingerprint density at radius 2 is 2.12 bits per heavy atom. The minimum atomic E-state index is 0.930. The summed E-state index contributed by atoms with van der Waals surface area (Å²) >= 11 is 1.71. The molecular weight excluding hydrogens is 218 g/mol. The van der Waals surface area contributed by atoms with Gasteiger partial charge in [0.1, 0.15) is 0 Å². The van der Waals surface area contributed by atoms with E-state index in [-0.39, 0.29) is 0 Å². The van der Waals surface area contributed by atoms with E-state index in [1.807, 2.05) is 17.7 Å². The molecule has 0 saturated carbocycles. The Kier molecular flexibility index (Phi) is 3.29. The molecule has 1 heterocycles.